The number of anilines is 1. The lowest BCUT2D eigenvalue weighted by atomic mass is 10.1. The third-order valence-corrected chi connectivity index (χ3v) is 4.93. The first-order chi connectivity index (χ1) is 12.2. The molecule has 1 saturated heterocycles. The van der Waals surface area contributed by atoms with Crippen LogP contribution in [0.5, 0.6) is 5.75 Å². The van der Waals surface area contributed by atoms with Crippen molar-refractivity contribution in [1.29, 1.82) is 0 Å². The third-order valence-electron chi connectivity index (χ3n) is 4.93. The highest BCUT2D eigenvalue weighted by molar-refractivity contribution is 5.94. The van der Waals surface area contributed by atoms with E-state index in [-0.39, 0.29) is 24.0 Å². The zero-order valence-corrected chi connectivity index (χ0v) is 14.8. The normalized spacial score (nSPS) is 20.5. The van der Waals surface area contributed by atoms with Crippen molar-refractivity contribution in [2.24, 2.45) is 0 Å². The van der Waals surface area contributed by atoms with Gasteiger partial charge in [-0.25, -0.2) is 4.79 Å². The van der Waals surface area contributed by atoms with Crippen molar-refractivity contribution >= 4 is 17.6 Å². The molecule has 3 amide bonds. The first-order valence-corrected chi connectivity index (χ1v) is 9.28. The molecule has 0 spiro atoms. The molecular formula is C19H27N3O3. The van der Waals surface area contributed by atoms with Crippen LogP contribution in [0.3, 0.4) is 0 Å². The van der Waals surface area contributed by atoms with Crippen molar-refractivity contribution in [3.8, 4) is 5.75 Å². The van der Waals surface area contributed by atoms with Crippen LogP contribution in [0.2, 0.25) is 0 Å². The van der Waals surface area contributed by atoms with Crippen molar-refractivity contribution in [1.82, 2.24) is 10.2 Å². The highest BCUT2D eigenvalue weighted by Crippen LogP contribution is 2.23. The van der Waals surface area contributed by atoms with E-state index in [1.807, 2.05) is 31.2 Å². The van der Waals surface area contributed by atoms with Crippen LogP contribution in [0, 0.1) is 0 Å². The van der Waals surface area contributed by atoms with Gasteiger partial charge in [0.05, 0.1) is 6.61 Å². The van der Waals surface area contributed by atoms with E-state index in [1.54, 1.807) is 4.90 Å². The summed E-state index contributed by atoms with van der Waals surface area (Å²) in [6.45, 7) is 3.16. The van der Waals surface area contributed by atoms with E-state index in [1.165, 1.54) is 12.8 Å². The minimum absolute atomic E-state index is 0.00811. The molecule has 1 saturated carbocycles. The number of carbonyl (C=O) groups excluding carboxylic acids is 2. The first kappa shape index (κ1) is 17.6. The molecule has 1 aliphatic carbocycles. The number of carbonyl (C=O) groups is 2. The van der Waals surface area contributed by atoms with Crippen LogP contribution in [0.25, 0.3) is 0 Å². The van der Waals surface area contributed by atoms with Gasteiger partial charge < -0.3 is 20.3 Å². The fourth-order valence-electron chi connectivity index (χ4n) is 3.65. The summed E-state index contributed by atoms with van der Waals surface area (Å²) < 4.78 is 5.40. The Balaban J connectivity index is 1.57. The number of nitrogens with one attached hydrogen (secondary N) is 2. The fourth-order valence-corrected chi connectivity index (χ4v) is 3.65. The zero-order valence-electron chi connectivity index (χ0n) is 14.8. The molecule has 1 atom stereocenters. The number of rotatable bonds is 5. The Kier molecular flexibility index (Phi) is 5.79. The summed E-state index contributed by atoms with van der Waals surface area (Å²) in [5.74, 6) is 0.765. The summed E-state index contributed by atoms with van der Waals surface area (Å²) in [7, 11) is 0. The van der Waals surface area contributed by atoms with Crippen molar-refractivity contribution in [3.05, 3.63) is 24.3 Å². The van der Waals surface area contributed by atoms with E-state index < -0.39 is 0 Å². The lowest BCUT2D eigenvalue weighted by molar-refractivity contribution is -0.125. The van der Waals surface area contributed by atoms with Crippen LogP contribution in [0.15, 0.2) is 24.3 Å². The Hall–Kier alpha value is -2.24. The zero-order chi connectivity index (χ0) is 17.6. The molecule has 2 fully saturated rings. The van der Waals surface area contributed by atoms with Crippen LogP contribution >= 0.6 is 0 Å². The maximum atomic E-state index is 12.6. The Labute approximate surface area is 148 Å². The number of hydrogen-bond donors (Lipinski definition) is 2. The largest absolute Gasteiger partial charge is 0.494 e. The van der Waals surface area contributed by atoms with Crippen LogP contribution in [0.1, 0.15) is 45.4 Å². The quantitative estimate of drug-likeness (QED) is 0.861. The second kappa shape index (κ2) is 8.23. The van der Waals surface area contributed by atoms with Crippen LogP contribution in [-0.4, -0.2) is 42.1 Å². The minimum Gasteiger partial charge on any atom is -0.494 e. The molecule has 1 heterocycles. The fraction of sp³-hybridized carbons (Fsp3) is 0.579. The summed E-state index contributed by atoms with van der Waals surface area (Å²) in [4.78, 5) is 26.8. The Morgan fingerprint density at radius 3 is 2.52 bits per heavy atom. The Morgan fingerprint density at radius 2 is 1.84 bits per heavy atom. The van der Waals surface area contributed by atoms with Gasteiger partial charge in [-0.05, 0) is 56.9 Å². The summed E-state index contributed by atoms with van der Waals surface area (Å²) in [5, 5.41) is 6.00. The van der Waals surface area contributed by atoms with E-state index in [0.29, 0.717) is 18.8 Å². The van der Waals surface area contributed by atoms with Crippen molar-refractivity contribution < 1.29 is 14.3 Å². The number of urea groups is 1. The summed E-state index contributed by atoms with van der Waals surface area (Å²) >= 11 is 0. The average molecular weight is 345 g/mol. The molecule has 0 radical (unpaired) electrons. The van der Waals surface area contributed by atoms with Gasteiger partial charge >= 0.3 is 6.03 Å². The topological polar surface area (TPSA) is 70.7 Å². The maximum Gasteiger partial charge on any atom is 0.322 e. The number of likely N-dealkylation sites (tertiary alicyclic amines) is 1. The van der Waals surface area contributed by atoms with Gasteiger partial charge in [-0.3, -0.25) is 4.79 Å². The lowest BCUT2D eigenvalue weighted by Crippen LogP contribution is -2.49. The van der Waals surface area contributed by atoms with Crippen molar-refractivity contribution in [2.75, 3.05) is 18.5 Å². The number of hydrogen-bond acceptors (Lipinski definition) is 3. The average Bonchev–Trinajstić information content (AvgIpc) is 3.28. The Morgan fingerprint density at radius 1 is 1.12 bits per heavy atom. The first-order valence-electron chi connectivity index (χ1n) is 9.28. The molecule has 0 bridgehead atoms. The number of nitrogens with zero attached hydrogens (tertiary/aromatic N) is 1. The van der Waals surface area contributed by atoms with E-state index in [0.717, 1.165) is 31.4 Å². The molecular weight excluding hydrogens is 318 g/mol. The SMILES string of the molecule is CCOc1ccc(NC(=O)N2CCCC2C(=O)NC2CCCC2)cc1. The van der Waals surface area contributed by atoms with Gasteiger partial charge in [-0.2, -0.15) is 0 Å². The summed E-state index contributed by atoms with van der Waals surface area (Å²) in [5.41, 5.74) is 0.704. The molecule has 1 unspecified atom stereocenters. The van der Waals surface area contributed by atoms with Gasteiger partial charge in [0.15, 0.2) is 0 Å². The molecule has 1 aromatic rings. The van der Waals surface area contributed by atoms with E-state index in [4.69, 9.17) is 4.74 Å². The number of benzene rings is 1. The van der Waals surface area contributed by atoms with E-state index in [9.17, 15) is 9.59 Å². The van der Waals surface area contributed by atoms with Crippen LogP contribution < -0.4 is 15.4 Å². The summed E-state index contributed by atoms with van der Waals surface area (Å²) in [6, 6.07) is 6.99. The standard InChI is InChI=1S/C19H27N3O3/c1-2-25-16-11-9-15(10-12-16)21-19(24)22-13-5-8-17(22)18(23)20-14-6-3-4-7-14/h9-12,14,17H,2-8,13H2,1H3,(H,20,23)(H,21,24). The molecule has 2 N–H and O–H groups in total. The van der Waals surface area contributed by atoms with Gasteiger partial charge in [0.25, 0.3) is 0 Å². The van der Waals surface area contributed by atoms with Crippen LogP contribution in [0.4, 0.5) is 10.5 Å². The van der Waals surface area contributed by atoms with Gasteiger partial charge in [0.2, 0.25) is 5.91 Å². The molecule has 1 aliphatic heterocycles. The summed E-state index contributed by atoms with van der Waals surface area (Å²) in [6.07, 6.45) is 6.05. The smallest absolute Gasteiger partial charge is 0.322 e. The highest BCUT2D eigenvalue weighted by atomic mass is 16.5. The minimum atomic E-state index is -0.358. The van der Waals surface area contributed by atoms with Gasteiger partial charge in [0, 0.05) is 18.3 Å². The predicted octanol–water partition coefficient (Wildman–Crippen LogP) is 3.14. The molecule has 136 valence electrons. The van der Waals surface area contributed by atoms with Crippen LogP contribution in [-0.2, 0) is 4.79 Å². The molecule has 1 aromatic carbocycles. The second-order valence-corrected chi connectivity index (χ2v) is 6.73. The monoisotopic (exact) mass is 345 g/mol. The molecule has 3 rings (SSSR count). The van der Waals surface area contributed by atoms with Gasteiger partial charge in [-0.1, -0.05) is 12.8 Å². The van der Waals surface area contributed by atoms with Gasteiger partial charge in [0.1, 0.15) is 11.8 Å². The predicted molar refractivity (Wildman–Crippen MR) is 96.8 cm³/mol. The number of ether oxygens (including phenoxy) is 1. The second-order valence-electron chi connectivity index (χ2n) is 6.73. The van der Waals surface area contributed by atoms with E-state index >= 15 is 0 Å². The lowest BCUT2D eigenvalue weighted by Gasteiger charge is -2.25. The molecule has 6 nitrogen and oxygen atoms in total. The van der Waals surface area contributed by atoms with Crippen molar-refractivity contribution in [3.63, 3.8) is 0 Å². The van der Waals surface area contributed by atoms with Gasteiger partial charge in [-0.15, -0.1) is 0 Å². The maximum absolute atomic E-state index is 12.6. The molecule has 6 heteroatoms. The molecule has 25 heavy (non-hydrogen) atoms. The highest BCUT2D eigenvalue weighted by Gasteiger charge is 2.35. The Bertz CT molecular complexity index is 596. The molecule has 0 aromatic heterocycles. The van der Waals surface area contributed by atoms with Crippen molar-refractivity contribution in [2.45, 2.75) is 57.5 Å². The number of amides is 3. The molecule has 2 aliphatic rings. The third kappa shape index (κ3) is 4.44. The van der Waals surface area contributed by atoms with E-state index in [2.05, 4.69) is 10.6 Å².